The number of hydrogen-bond acceptors (Lipinski definition) is 1. The maximum Gasteiger partial charge on any atom is 0.111 e. The fraction of sp³-hybridized carbons (Fsp3) is 0.333. The fourth-order valence-corrected chi connectivity index (χ4v) is 0.0962. The lowest BCUT2D eigenvalue weighted by atomic mass is 10.7. The lowest BCUT2D eigenvalue weighted by molar-refractivity contribution is -0.658. The average Bonchev–Trinajstić information content (AvgIpc) is 1.41. The molecule has 0 saturated heterocycles. The van der Waals surface area contributed by atoms with Crippen molar-refractivity contribution in [2.24, 2.45) is 5.84 Å². The second-order valence-electron chi connectivity index (χ2n) is 0.760. The SMILES string of the molecule is C=CC[NH2+]N. The van der Waals surface area contributed by atoms with Crippen LogP contribution in [0.5, 0.6) is 0 Å². The van der Waals surface area contributed by atoms with Gasteiger partial charge in [0.1, 0.15) is 6.54 Å². The van der Waals surface area contributed by atoms with Crippen LogP contribution in [0.2, 0.25) is 0 Å². The van der Waals surface area contributed by atoms with Crippen molar-refractivity contribution in [2.75, 3.05) is 6.54 Å². The van der Waals surface area contributed by atoms with E-state index in [2.05, 4.69) is 6.58 Å². The van der Waals surface area contributed by atoms with Crippen LogP contribution >= 0.6 is 0 Å². The van der Waals surface area contributed by atoms with Crippen LogP contribution in [-0.4, -0.2) is 6.54 Å². The van der Waals surface area contributed by atoms with Crippen LogP contribution in [0.1, 0.15) is 0 Å². The van der Waals surface area contributed by atoms with Gasteiger partial charge in [-0.2, -0.15) is 5.84 Å². The molecule has 0 amide bonds. The molecule has 0 rings (SSSR count). The molecule has 0 aliphatic rings. The lowest BCUT2D eigenvalue weighted by Crippen LogP contribution is -2.90. The quantitative estimate of drug-likeness (QED) is 0.236. The van der Waals surface area contributed by atoms with Crippen molar-refractivity contribution in [1.29, 1.82) is 0 Å². The molecule has 0 bridgehead atoms. The third-order valence-electron chi connectivity index (χ3n) is 0.303. The summed E-state index contributed by atoms with van der Waals surface area (Å²) < 4.78 is 0. The Kier molecular flexibility index (Phi) is 3.41. The molecule has 4 N–H and O–H groups in total. The Bertz CT molecular complexity index is 26.1. The first kappa shape index (κ1) is 4.66. The Hall–Kier alpha value is -0.340. The van der Waals surface area contributed by atoms with E-state index in [9.17, 15) is 0 Å². The highest BCUT2D eigenvalue weighted by Crippen LogP contribution is 1.38. The maximum absolute atomic E-state index is 4.94. The van der Waals surface area contributed by atoms with Crippen molar-refractivity contribution in [3.05, 3.63) is 12.7 Å². The Morgan fingerprint density at radius 3 is 2.60 bits per heavy atom. The zero-order valence-corrected chi connectivity index (χ0v) is 3.15. The molecule has 2 nitrogen and oxygen atoms in total. The molecule has 0 heterocycles. The minimum Gasteiger partial charge on any atom is -0.268 e. The van der Waals surface area contributed by atoms with Gasteiger partial charge in [-0.05, 0) is 6.08 Å². The minimum absolute atomic E-state index is 0.806. The lowest BCUT2D eigenvalue weighted by Gasteiger charge is -1.76. The van der Waals surface area contributed by atoms with Gasteiger partial charge < -0.3 is 0 Å². The van der Waals surface area contributed by atoms with Crippen molar-refractivity contribution >= 4 is 0 Å². The van der Waals surface area contributed by atoms with Crippen LogP contribution < -0.4 is 11.3 Å². The Labute approximate surface area is 31.6 Å². The van der Waals surface area contributed by atoms with Gasteiger partial charge in [0.05, 0.1) is 0 Å². The Morgan fingerprint density at radius 1 is 2.00 bits per heavy atom. The van der Waals surface area contributed by atoms with E-state index in [1.54, 1.807) is 11.5 Å². The van der Waals surface area contributed by atoms with Gasteiger partial charge >= 0.3 is 0 Å². The van der Waals surface area contributed by atoms with Crippen molar-refractivity contribution in [3.63, 3.8) is 0 Å². The molecule has 0 fully saturated rings. The zero-order chi connectivity index (χ0) is 4.12. The van der Waals surface area contributed by atoms with E-state index in [-0.39, 0.29) is 0 Å². The summed E-state index contributed by atoms with van der Waals surface area (Å²) in [4.78, 5) is 0. The van der Waals surface area contributed by atoms with Crippen molar-refractivity contribution in [1.82, 2.24) is 0 Å². The molecule has 0 spiro atoms. The summed E-state index contributed by atoms with van der Waals surface area (Å²) in [6.07, 6.45) is 1.75. The van der Waals surface area contributed by atoms with Crippen LogP contribution in [0.4, 0.5) is 0 Å². The van der Waals surface area contributed by atoms with E-state index < -0.39 is 0 Å². The second-order valence-corrected chi connectivity index (χ2v) is 0.760. The van der Waals surface area contributed by atoms with Crippen molar-refractivity contribution in [3.8, 4) is 0 Å². The molecule has 0 aromatic heterocycles. The summed E-state index contributed by atoms with van der Waals surface area (Å²) in [7, 11) is 0. The summed E-state index contributed by atoms with van der Waals surface area (Å²) in [6, 6.07) is 0. The predicted molar refractivity (Wildman–Crippen MR) is 21.2 cm³/mol. The highest BCUT2D eigenvalue weighted by Gasteiger charge is 1.61. The molecule has 0 aliphatic carbocycles. The third-order valence-corrected chi connectivity index (χ3v) is 0.303. The molecule has 2 heteroatoms. The minimum atomic E-state index is 0.806. The zero-order valence-electron chi connectivity index (χ0n) is 3.15. The van der Waals surface area contributed by atoms with E-state index in [1.165, 1.54) is 0 Å². The van der Waals surface area contributed by atoms with Gasteiger partial charge in [0, 0.05) is 0 Å². The monoisotopic (exact) mass is 73.1 g/mol. The second kappa shape index (κ2) is 3.66. The topological polar surface area (TPSA) is 42.6 Å². The molecule has 0 saturated carbocycles. The molecular weight excluding hydrogens is 64.0 g/mol. The average molecular weight is 73.1 g/mol. The van der Waals surface area contributed by atoms with Crippen molar-refractivity contribution < 1.29 is 5.43 Å². The summed E-state index contributed by atoms with van der Waals surface area (Å²) in [6.45, 7) is 4.24. The predicted octanol–water partition coefficient (Wildman–Crippen LogP) is -1.39. The van der Waals surface area contributed by atoms with Crippen LogP contribution in [0.15, 0.2) is 12.7 Å². The van der Waals surface area contributed by atoms with E-state index in [0.29, 0.717) is 0 Å². The largest absolute Gasteiger partial charge is 0.268 e. The molecule has 30 valence electrons. The molecule has 0 aliphatic heterocycles. The standard InChI is InChI=1S/C3H8N2/c1-2-3-5-4/h2,5H,1,3-4H2/p+1. The van der Waals surface area contributed by atoms with E-state index in [0.717, 1.165) is 6.54 Å². The van der Waals surface area contributed by atoms with Gasteiger partial charge in [-0.25, -0.2) is 0 Å². The van der Waals surface area contributed by atoms with E-state index in [4.69, 9.17) is 5.84 Å². The van der Waals surface area contributed by atoms with Crippen molar-refractivity contribution in [2.45, 2.75) is 0 Å². The van der Waals surface area contributed by atoms with Crippen LogP contribution in [0, 0.1) is 0 Å². The third kappa shape index (κ3) is 3.66. The smallest absolute Gasteiger partial charge is 0.111 e. The number of rotatable bonds is 2. The summed E-state index contributed by atoms with van der Waals surface area (Å²) >= 11 is 0. The highest BCUT2D eigenvalue weighted by atomic mass is 15.2. The Morgan fingerprint density at radius 2 is 2.60 bits per heavy atom. The van der Waals surface area contributed by atoms with E-state index >= 15 is 0 Å². The van der Waals surface area contributed by atoms with Crippen LogP contribution in [-0.2, 0) is 0 Å². The van der Waals surface area contributed by atoms with Crippen LogP contribution in [0.3, 0.4) is 0 Å². The molecule has 0 radical (unpaired) electrons. The molecule has 0 aromatic carbocycles. The normalized spacial score (nSPS) is 7.40. The summed E-state index contributed by atoms with van der Waals surface area (Å²) in [5, 5.41) is 0. The Balaban J connectivity index is 2.40. The summed E-state index contributed by atoms with van der Waals surface area (Å²) in [5.74, 6) is 4.94. The van der Waals surface area contributed by atoms with Gasteiger partial charge in [0.25, 0.3) is 0 Å². The first-order chi connectivity index (χ1) is 2.41. The van der Waals surface area contributed by atoms with Gasteiger partial charge in [0.2, 0.25) is 0 Å². The highest BCUT2D eigenvalue weighted by molar-refractivity contribution is 4.60. The van der Waals surface area contributed by atoms with Crippen LogP contribution in [0.25, 0.3) is 0 Å². The number of hydrogen-bond donors (Lipinski definition) is 2. The number of quaternary nitrogens is 1. The molecular formula is C3H9N2+. The molecule has 0 atom stereocenters. The molecule has 0 unspecified atom stereocenters. The first-order valence-corrected chi connectivity index (χ1v) is 1.56. The summed E-state index contributed by atoms with van der Waals surface area (Å²) in [5.41, 5.74) is 1.56. The number of nitrogens with two attached hydrogens (primary N) is 2. The molecule has 5 heavy (non-hydrogen) atoms. The van der Waals surface area contributed by atoms with Gasteiger partial charge in [-0.1, -0.05) is 6.58 Å². The first-order valence-electron chi connectivity index (χ1n) is 1.56. The molecule has 0 aromatic rings. The fourth-order valence-electron chi connectivity index (χ4n) is 0.0962. The van der Waals surface area contributed by atoms with E-state index in [1.807, 2.05) is 0 Å². The van der Waals surface area contributed by atoms with Gasteiger partial charge in [-0.15, -0.1) is 0 Å². The van der Waals surface area contributed by atoms with Gasteiger partial charge in [0.15, 0.2) is 0 Å². The van der Waals surface area contributed by atoms with Gasteiger partial charge in [-0.3, -0.25) is 5.43 Å². The maximum atomic E-state index is 4.94.